The second-order valence-electron chi connectivity index (χ2n) is 6.61. The second-order valence-corrected chi connectivity index (χ2v) is 6.61. The van der Waals surface area contributed by atoms with Gasteiger partial charge in [-0.25, -0.2) is 0 Å². The highest BCUT2D eigenvalue weighted by atomic mass is 16.5. The Balaban J connectivity index is 1.84. The molecule has 1 aliphatic rings. The van der Waals surface area contributed by atoms with Gasteiger partial charge in [0, 0.05) is 31.6 Å². The third-order valence-electron chi connectivity index (χ3n) is 4.70. The summed E-state index contributed by atoms with van der Waals surface area (Å²) in [7, 11) is 0. The van der Waals surface area contributed by atoms with Crippen LogP contribution in [-0.2, 0) is 9.59 Å². The van der Waals surface area contributed by atoms with Gasteiger partial charge >= 0.3 is 0 Å². The maximum atomic E-state index is 12.2. The highest BCUT2D eigenvalue weighted by Gasteiger charge is 2.22. The van der Waals surface area contributed by atoms with Crippen molar-refractivity contribution in [3.63, 3.8) is 0 Å². The largest absolute Gasteiger partial charge is 0.494 e. The van der Waals surface area contributed by atoms with Crippen molar-refractivity contribution in [2.45, 2.75) is 64.8 Å². The molecule has 138 valence electrons. The number of ether oxygens (including phenoxy) is 1. The fourth-order valence-corrected chi connectivity index (χ4v) is 3.41. The minimum Gasteiger partial charge on any atom is -0.494 e. The molecule has 0 unspecified atom stereocenters. The normalized spacial score (nSPS) is 15.3. The van der Waals surface area contributed by atoms with Crippen molar-refractivity contribution in [1.29, 1.82) is 0 Å². The molecule has 0 aromatic heterocycles. The molecule has 0 spiro atoms. The molecule has 1 N–H and O–H groups in total. The molecule has 0 aliphatic heterocycles. The fourth-order valence-electron chi connectivity index (χ4n) is 3.41. The number of carbonyl (C=O) groups excluding carboxylic acids is 2. The number of rotatable bonds is 7. The summed E-state index contributed by atoms with van der Waals surface area (Å²) in [5.74, 6) is 0.793. The predicted octanol–water partition coefficient (Wildman–Crippen LogP) is 3.99. The molecule has 2 rings (SSSR count). The van der Waals surface area contributed by atoms with Gasteiger partial charge in [0.05, 0.1) is 6.61 Å². The summed E-state index contributed by atoms with van der Waals surface area (Å²) in [6, 6.07) is 7.63. The molecule has 0 heterocycles. The van der Waals surface area contributed by atoms with E-state index in [0.717, 1.165) is 24.3 Å². The Kier molecular flexibility index (Phi) is 7.76. The van der Waals surface area contributed by atoms with Gasteiger partial charge in [0.25, 0.3) is 0 Å². The minimum absolute atomic E-state index is 0.0657. The third kappa shape index (κ3) is 6.40. The van der Waals surface area contributed by atoms with Gasteiger partial charge in [0.15, 0.2) is 0 Å². The van der Waals surface area contributed by atoms with Crippen molar-refractivity contribution in [2.24, 2.45) is 0 Å². The van der Waals surface area contributed by atoms with Crippen LogP contribution in [0.5, 0.6) is 5.75 Å². The van der Waals surface area contributed by atoms with Crippen molar-refractivity contribution in [2.75, 3.05) is 18.5 Å². The lowest BCUT2D eigenvalue weighted by atomic mass is 10.1. The highest BCUT2D eigenvalue weighted by molar-refractivity contribution is 5.91. The molecule has 1 aromatic rings. The van der Waals surface area contributed by atoms with Crippen molar-refractivity contribution in [3.8, 4) is 5.75 Å². The van der Waals surface area contributed by atoms with Gasteiger partial charge in [-0.05, 0) is 44.0 Å². The topological polar surface area (TPSA) is 58.6 Å². The molecule has 25 heavy (non-hydrogen) atoms. The Morgan fingerprint density at radius 1 is 1.12 bits per heavy atom. The zero-order chi connectivity index (χ0) is 18.1. The maximum Gasteiger partial charge on any atom is 0.226 e. The molecule has 1 saturated carbocycles. The summed E-state index contributed by atoms with van der Waals surface area (Å²) in [6.45, 7) is 4.65. The third-order valence-corrected chi connectivity index (χ3v) is 4.70. The van der Waals surface area contributed by atoms with E-state index in [1.165, 1.54) is 25.7 Å². The van der Waals surface area contributed by atoms with Gasteiger partial charge < -0.3 is 15.0 Å². The number of nitrogens with one attached hydrogen (secondary N) is 1. The van der Waals surface area contributed by atoms with E-state index in [1.807, 2.05) is 36.1 Å². The summed E-state index contributed by atoms with van der Waals surface area (Å²) in [4.78, 5) is 26.1. The van der Waals surface area contributed by atoms with E-state index in [0.29, 0.717) is 25.6 Å². The number of benzene rings is 1. The van der Waals surface area contributed by atoms with Gasteiger partial charge in [0.1, 0.15) is 5.75 Å². The van der Waals surface area contributed by atoms with E-state index in [2.05, 4.69) is 5.32 Å². The summed E-state index contributed by atoms with van der Waals surface area (Å²) < 4.78 is 5.39. The number of nitrogens with zero attached hydrogens (tertiary/aromatic N) is 1. The van der Waals surface area contributed by atoms with Crippen LogP contribution in [-0.4, -0.2) is 35.9 Å². The first-order valence-corrected chi connectivity index (χ1v) is 9.40. The lowest BCUT2D eigenvalue weighted by Crippen LogP contribution is -2.40. The SMILES string of the molecule is CCOc1ccc(NC(=O)CCN(C(C)=O)C2CCCCCC2)cc1. The van der Waals surface area contributed by atoms with Crippen molar-refractivity contribution >= 4 is 17.5 Å². The number of hydrogen-bond donors (Lipinski definition) is 1. The second kappa shape index (κ2) is 10.1. The molecule has 0 atom stereocenters. The number of amides is 2. The predicted molar refractivity (Wildman–Crippen MR) is 99.7 cm³/mol. The maximum absolute atomic E-state index is 12.2. The van der Waals surface area contributed by atoms with Crippen LogP contribution in [0, 0.1) is 0 Å². The van der Waals surface area contributed by atoms with Gasteiger partial charge in [0.2, 0.25) is 11.8 Å². The quantitative estimate of drug-likeness (QED) is 0.760. The van der Waals surface area contributed by atoms with E-state index in [4.69, 9.17) is 4.74 Å². The first-order valence-electron chi connectivity index (χ1n) is 9.40. The Morgan fingerprint density at radius 2 is 1.76 bits per heavy atom. The number of carbonyl (C=O) groups is 2. The fraction of sp³-hybridized carbons (Fsp3) is 0.600. The van der Waals surface area contributed by atoms with Gasteiger partial charge in [-0.1, -0.05) is 25.7 Å². The van der Waals surface area contributed by atoms with Crippen molar-refractivity contribution < 1.29 is 14.3 Å². The van der Waals surface area contributed by atoms with Crippen LogP contribution in [0.4, 0.5) is 5.69 Å². The summed E-state index contributed by atoms with van der Waals surface area (Å²) in [5.41, 5.74) is 0.747. The summed E-state index contributed by atoms with van der Waals surface area (Å²) in [5, 5.41) is 2.89. The molecular weight excluding hydrogens is 316 g/mol. The molecule has 1 aliphatic carbocycles. The van der Waals surface area contributed by atoms with Gasteiger partial charge in [-0.2, -0.15) is 0 Å². The Hall–Kier alpha value is -2.04. The minimum atomic E-state index is -0.0657. The Bertz CT molecular complexity index is 549. The lowest BCUT2D eigenvalue weighted by Gasteiger charge is -2.30. The molecule has 5 heteroatoms. The zero-order valence-electron chi connectivity index (χ0n) is 15.4. The van der Waals surface area contributed by atoms with E-state index in [-0.39, 0.29) is 11.8 Å². The Labute approximate surface area is 150 Å². The van der Waals surface area contributed by atoms with E-state index in [9.17, 15) is 9.59 Å². The lowest BCUT2D eigenvalue weighted by molar-refractivity contribution is -0.131. The van der Waals surface area contributed by atoms with E-state index >= 15 is 0 Å². The van der Waals surface area contributed by atoms with Crippen LogP contribution >= 0.6 is 0 Å². The molecule has 5 nitrogen and oxygen atoms in total. The smallest absolute Gasteiger partial charge is 0.226 e. The monoisotopic (exact) mass is 346 g/mol. The Morgan fingerprint density at radius 3 is 2.32 bits per heavy atom. The highest BCUT2D eigenvalue weighted by Crippen LogP contribution is 2.22. The van der Waals surface area contributed by atoms with Crippen LogP contribution < -0.4 is 10.1 Å². The first kappa shape index (κ1) is 19.3. The van der Waals surface area contributed by atoms with Crippen LogP contribution in [0.25, 0.3) is 0 Å². The van der Waals surface area contributed by atoms with Crippen LogP contribution in [0.3, 0.4) is 0 Å². The van der Waals surface area contributed by atoms with E-state index in [1.54, 1.807) is 6.92 Å². The van der Waals surface area contributed by atoms with Crippen LogP contribution in [0.1, 0.15) is 58.8 Å². The molecule has 0 bridgehead atoms. The molecule has 0 radical (unpaired) electrons. The number of anilines is 1. The van der Waals surface area contributed by atoms with E-state index < -0.39 is 0 Å². The standard InChI is InChI=1S/C20H30N2O3/c1-3-25-19-12-10-17(11-13-19)21-20(24)14-15-22(16(2)23)18-8-6-4-5-7-9-18/h10-13,18H,3-9,14-15H2,1-2H3,(H,21,24). The van der Waals surface area contributed by atoms with Gasteiger partial charge in [-0.3, -0.25) is 9.59 Å². The molecular formula is C20H30N2O3. The molecule has 0 saturated heterocycles. The van der Waals surface area contributed by atoms with Gasteiger partial charge in [-0.15, -0.1) is 0 Å². The summed E-state index contributed by atoms with van der Waals surface area (Å²) in [6.07, 6.45) is 7.28. The van der Waals surface area contributed by atoms with Crippen LogP contribution in [0.2, 0.25) is 0 Å². The average molecular weight is 346 g/mol. The zero-order valence-corrected chi connectivity index (χ0v) is 15.4. The number of hydrogen-bond acceptors (Lipinski definition) is 3. The summed E-state index contributed by atoms with van der Waals surface area (Å²) >= 11 is 0. The molecule has 2 amide bonds. The molecule has 1 aromatic carbocycles. The van der Waals surface area contributed by atoms with Crippen molar-refractivity contribution in [1.82, 2.24) is 4.90 Å². The molecule has 1 fully saturated rings. The van der Waals surface area contributed by atoms with Crippen LogP contribution in [0.15, 0.2) is 24.3 Å². The van der Waals surface area contributed by atoms with Crippen molar-refractivity contribution in [3.05, 3.63) is 24.3 Å². The first-order chi connectivity index (χ1) is 12.1. The average Bonchev–Trinajstić information content (AvgIpc) is 2.86.